The molecule has 2 nitrogen and oxygen atoms in total. The van der Waals surface area contributed by atoms with E-state index in [2.05, 4.69) is 0 Å². The van der Waals surface area contributed by atoms with Gasteiger partial charge in [-0.1, -0.05) is 11.6 Å². The first-order valence-corrected chi connectivity index (χ1v) is 5.20. The first-order valence-electron chi connectivity index (χ1n) is 4.82. The van der Waals surface area contributed by atoms with Crippen molar-refractivity contribution in [2.75, 3.05) is 0 Å². The summed E-state index contributed by atoms with van der Waals surface area (Å²) in [5.41, 5.74) is 0.256. The van der Waals surface area contributed by atoms with Crippen LogP contribution < -0.4 is 4.74 Å². The fourth-order valence-corrected chi connectivity index (χ4v) is 1.41. The molecule has 0 saturated heterocycles. The molecule has 0 aromatic heterocycles. The van der Waals surface area contributed by atoms with E-state index in [0.717, 1.165) is 6.07 Å². The smallest absolute Gasteiger partial charge is 0.167 e. The normalized spacial score (nSPS) is 9.71. The van der Waals surface area contributed by atoms with Gasteiger partial charge in [0, 0.05) is 5.02 Å². The SMILES string of the molecule is N#Cc1ccc(Oc2ccc(Cl)cc2)c(F)c1. The lowest BCUT2D eigenvalue weighted by molar-refractivity contribution is 0.442. The van der Waals surface area contributed by atoms with Gasteiger partial charge in [0.05, 0.1) is 11.6 Å². The molecule has 0 spiro atoms. The molecular formula is C13H7ClFNO. The summed E-state index contributed by atoms with van der Waals surface area (Å²) in [6.07, 6.45) is 0. The van der Waals surface area contributed by atoms with E-state index in [9.17, 15) is 4.39 Å². The van der Waals surface area contributed by atoms with Gasteiger partial charge in [-0.3, -0.25) is 0 Å². The van der Waals surface area contributed by atoms with E-state index in [1.807, 2.05) is 6.07 Å². The molecule has 0 unspecified atom stereocenters. The molecule has 84 valence electrons. The first kappa shape index (κ1) is 11.4. The van der Waals surface area contributed by atoms with E-state index in [1.165, 1.54) is 12.1 Å². The lowest BCUT2D eigenvalue weighted by atomic mass is 10.2. The number of nitriles is 1. The van der Waals surface area contributed by atoms with Crippen LogP contribution in [0, 0.1) is 17.1 Å². The molecule has 2 rings (SSSR count). The molecule has 4 heteroatoms. The van der Waals surface area contributed by atoms with E-state index in [1.54, 1.807) is 24.3 Å². The van der Waals surface area contributed by atoms with Crippen molar-refractivity contribution in [3.63, 3.8) is 0 Å². The van der Waals surface area contributed by atoms with Gasteiger partial charge in [-0.05, 0) is 42.5 Å². The van der Waals surface area contributed by atoms with E-state index >= 15 is 0 Å². The van der Waals surface area contributed by atoms with Crippen LogP contribution in [0.3, 0.4) is 0 Å². The third-order valence-electron chi connectivity index (χ3n) is 2.10. The minimum absolute atomic E-state index is 0.0753. The summed E-state index contributed by atoms with van der Waals surface area (Å²) in [6, 6.07) is 12.5. The second-order valence-corrected chi connectivity index (χ2v) is 3.75. The molecule has 0 atom stereocenters. The van der Waals surface area contributed by atoms with Crippen LogP contribution in [0.5, 0.6) is 11.5 Å². The van der Waals surface area contributed by atoms with Crippen LogP contribution in [-0.2, 0) is 0 Å². The van der Waals surface area contributed by atoms with Crippen molar-refractivity contribution in [3.05, 3.63) is 58.9 Å². The molecule has 0 saturated carbocycles. The molecule has 0 radical (unpaired) electrons. The summed E-state index contributed by atoms with van der Waals surface area (Å²) in [5, 5.41) is 9.18. The first-order chi connectivity index (χ1) is 8.19. The maximum atomic E-state index is 13.5. The van der Waals surface area contributed by atoms with Crippen LogP contribution >= 0.6 is 11.6 Å². The average Bonchev–Trinajstić information content (AvgIpc) is 2.34. The molecule has 0 aliphatic heterocycles. The van der Waals surface area contributed by atoms with Crippen molar-refractivity contribution >= 4 is 11.6 Å². The monoisotopic (exact) mass is 247 g/mol. The number of halogens is 2. The Morgan fingerprint density at radius 2 is 1.82 bits per heavy atom. The minimum atomic E-state index is -0.570. The largest absolute Gasteiger partial charge is 0.454 e. The van der Waals surface area contributed by atoms with Gasteiger partial charge in [0.25, 0.3) is 0 Å². The van der Waals surface area contributed by atoms with Gasteiger partial charge in [0.1, 0.15) is 5.75 Å². The Morgan fingerprint density at radius 3 is 2.41 bits per heavy atom. The third-order valence-corrected chi connectivity index (χ3v) is 2.35. The molecule has 0 N–H and O–H groups in total. The number of rotatable bonds is 2. The van der Waals surface area contributed by atoms with Crippen LogP contribution in [0.4, 0.5) is 4.39 Å². The van der Waals surface area contributed by atoms with Gasteiger partial charge in [0.15, 0.2) is 11.6 Å². The second-order valence-electron chi connectivity index (χ2n) is 3.31. The molecule has 17 heavy (non-hydrogen) atoms. The summed E-state index contributed by atoms with van der Waals surface area (Å²) < 4.78 is 18.8. The van der Waals surface area contributed by atoms with E-state index < -0.39 is 5.82 Å². The van der Waals surface area contributed by atoms with Gasteiger partial charge in [-0.15, -0.1) is 0 Å². The zero-order valence-corrected chi connectivity index (χ0v) is 9.41. The molecule has 0 heterocycles. The Morgan fingerprint density at radius 1 is 1.12 bits per heavy atom. The average molecular weight is 248 g/mol. The molecule has 2 aromatic rings. The van der Waals surface area contributed by atoms with Crippen molar-refractivity contribution < 1.29 is 9.13 Å². The Kier molecular flexibility index (Phi) is 3.27. The molecule has 0 fully saturated rings. The van der Waals surface area contributed by atoms with Crippen molar-refractivity contribution in [2.45, 2.75) is 0 Å². The zero-order chi connectivity index (χ0) is 12.3. The third kappa shape index (κ3) is 2.74. The standard InChI is InChI=1S/C13H7ClFNO/c14-10-2-4-11(5-3-10)17-13-6-1-9(8-16)7-12(13)15/h1-7H. The van der Waals surface area contributed by atoms with Crippen LogP contribution in [0.25, 0.3) is 0 Å². The molecule has 0 bridgehead atoms. The minimum Gasteiger partial charge on any atom is -0.454 e. The summed E-state index contributed by atoms with van der Waals surface area (Å²) in [6.45, 7) is 0. The van der Waals surface area contributed by atoms with E-state index in [0.29, 0.717) is 10.8 Å². The van der Waals surface area contributed by atoms with Crippen molar-refractivity contribution in [3.8, 4) is 17.6 Å². The zero-order valence-electron chi connectivity index (χ0n) is 8.65. The topological polar surface area (TPSA) is 33.0 Å². The summed E-state index contributed by atoms with van der Waals surface area (Å²) >= 11 is 5.72. The van der Waals surface area contributed by atoms with Gasteiger partial charge < -0.3 is 4.74 Å². The lowest BCUT2D eigenvalue weighted by Crippen LogP contribution is -1.89. The van der Waals surface area contributed by atoms with Gasteiger partial charge in [-0.2, -0.15) is 5.26 Å². The fourth-order valence-electron chi connectivity index (χ4n) is 1.28. The van der Waals surface area contributed by atoms with Crippen molar-refractivity contribution in [2.24, 2.45) is 0 Å². The molecular weight excluding hydrogens is 241 g/mol. The van der Waals surface area contributed by atoms with Crippen LogP contribution in [0.1, 0.15) is 5.56 Å². The number of hydrogen-bond donors (Lipinski definition) is 0. The number of ether oxygens (including phenoxy) is 1. The fraction of sp³-hybridized carbons (Fsp3) is 0. The highest BCUT2D eigenvalue weighted by atomic mass is 35.5. The molecule has 0 aliphatic rings. The van der Waals surface area contributed by atoms with Gasteiger partial charge in [0.2, 0.25) is 0 Å². The Hall–Kier alpha value is -2.05. The predicted molar refractivity (Wildman–Crippen MR) is 62.6 cm³/mol. The van der Waals surface area contributed by atoms with Gasteiger partial charge in [-0.25, -0.2) is 4.39 Å². The van der Waals surface area contributed by atoms with Gasteiger partial charge >= 0.3 is 0 Å². The quantitative estimate of drug-likeness (QED) is 0.799. The highest BCUT2D eigenvalue weighted by Crippen LogP contribution is 2.25. The Labute approximate surface area is 103 Å². The van der Waals surface area contributed by atoms with E-state index in [-0.39, 0.29) is 11.3 Å². The molecule has 0 amide bonds. The second kappa shape index (κ2) is 4.86. The maximum absolute atomic E-state index is 13.5. The Bertz CT molecular complexity index is 575. The predicted octanol–water partition coefficient (Wildman–Crippen LogP) is 4.14. The number of benzene rings is 2. The highest BCUT2D eigenvalue weighted by molar-refractivity contribution is 6.30. The summed E-state index contributed by atoms with van der Waals surface area (Å²) in [7, 11) is 0. The van der Waals surface area contributed by atoms with Crippen molar-refractivity contribution in [1.82, 2.24) is 0 Å². The summed E-state index contributed by atoms with van der Waals surface area (Å²) in [5.74, 6) is -0.0108. The molecule has 0 aliphatic carbocycles. The lowest BCUT2D eigenvalue weighted by Gasteiger charge is -2.06. The maximum Gasteiger partial charge on any atom is 0.167 e. The number of hydrogen-bond acceptors (Lipinski definition) is 2. The van der Waals surface area contributed by atoms with Crippen molar-refractivity contribution in [1.29, 1.82) is 5.26 Å². The summed E-state index contributed by atoms with van der Waals surface area (Å²) in [4.78, 5) is 0. The molecule has 2 aromatic carbocycles. The van der Waals surface area contributed by atoms with Crippen LogP contribution in [0.2, 0.25) is 5.02 Å². The van der Waals surface area contributed by atoms with Crippen LogP contribution in [0.15, 0.2) is 42.5 Å². The Balaban J connectivity index is 2.25. The van der Waals surface area contributed by atoms with Crippen LogP contribution in [-0.4, -0.2) is 0 Å². The number of nitrogens with zero attached hydrogens (tertiary/aromatic N) is 1. The van der Waals surface area contributed by atoms with E-state index in [4.69, 9.17) is 21.6 Å². The highest BCUT2D eigenvalue weighted by Gasteiger charge is 2.05.